The van der Waals surface area contributed by atoms with Crippen molar-refractivity contribution in [3.63, 3.8) is 0 Å². The van der Waals surface area contributed by atoms with Gasteiger partial charge in [0.25, 0.3) is 0 Å². The summed E-state index contributed by atoms with van der Waals surface area (Å²) in [5, 5.41) is 6.36. The maximum atomic E-state index is 12.2. The summed E-state index contributed by atoms with van der Waals surface area (Å²) in [6.45, 7) is 4.71. The number of hydrazone groups is 1. The van der Waals surface area contributed by atoms with E-state index in [0.717, 1.165) is 27.5 Å². The Morgan fingerprint density at radius 1 is 1.13 bits per heavy atom. The molecule has 30 heavy (non-hydrogen) atoms. The zero-order chi connectivity index (χ0) is 21.1. The zero-order valence-corrected chi connectivity index (χ0v) is 17.3. The van der Waals surface area contributed by atoms with E-state index in [1.54, 1.807) is 13.3 Å². The number of hydrogen-bond donors (Lipinski definition) is 1. The lowest BCUT2D eigenvalue weighted by Crippen LogP contribution is -2.19. The highest BCUT2D eigenvalue weighted by Crippen LogP contribution is 2.22. The molecule has 2 heterocycles. The van der Waals surface area contributed by atoms with Crippen LogP contribution in [0.2, 0.25) is 0 Å². The smallest absolute Gasteiger partial charge is 0.241 e. The number of carbonyl (C=O) groups excluding carboxylic acids is 1. The molecular weight excluding hydrogens is 376 g/mol. The molecule has 0 bridgehead atoms. The highest BCUT2D eigenvalue weighted by molar-refractivity contribution is 5.91. The predicted molar refractivity (Wildman–Crippen MR) is 120 cm³/mol. The second kappa shape index (κ2) is 8.37. The fourth-order valence-electron chi connectivity index (χ4n) is 3.64. The SMILES string of the molecule is COc1cc(C)c2cc(/C=N/NC(=O)CCn3cc(C)c4ccccc43)ccc2n1. The van der Waals surface area contributed by atoms with Gasteiger partial charge in [0.15, 0.2) is 0 Å². The number of aromatic nitrogens is 2. The molecule has 4 rings (SSSR count). The molecule has 4 aromatic rings. The number of amides is 1. The highest BCUT2D eigenvalue weighted by Gasteiger charge is 2.07. The number of aryl methyl sites for hydroxylation is 3. The minimum Gasteiger partial charge on any atom is -0.481 e. The average molecular weight is 400 g/mol. The van der Waals surface area contributed by atoms with Gasteiger partial charge in [-0.05, 0) is 48.7 Å². The molecule has 0 saturated carbocycles. The molecule has 2 aromatic carbocycles. The standard InChI is InChI=1S/C24H24N4O2/c1-16-12-24(30-3)26-21-9-8-18(13-20(16)21)14-25-27-23(29)10-11-28-15-17(2)19-6-4-5-7-22(19)28/h4-9,12-15H,10-11H2,1-3H3,(H,27,29)/b25-14+. The second-order valence-corrected chi connectivity index (χ2v) is 7.32. The molecule has 0 saturated heterocycles. The average Bonchev–Trinajstić information content (AvgIpc) is 3.08. The number of para-hydroxylation sites is 1. The molecule has 0 atom stereocenters. The summed E-state index contributed by atoms with van der Waals surface area (Å²) in [4.78, 5) is 16.7. The summed E-state index contributed by atoms with van der Waals surface area (Å²) < 4.78 is 7.33. The lowest BCUT2D eigenvalue weighted by Gasteiger charge is -2.06. The maximum Gasteiger partial charge on any atom is 0.241 e. The van der Waals surface area contributed by atoms with Crippen molar-refractivity contribution in [2.24, 2.45) is 5.10 Å². The number of pyridine rings is 1. The van der Waals surface area contributed by atoms with Gasteiger partial charge in [0.05, 0.1) is 18.8 Å². The number of fused-ring (bicyclic) bond motifs is 2. The Kier molecular flexibility index (Phi) is 5.48. The molecule has 0 aliphatic rings. The molecule has 0 aliphatic heterocycles. The van der Waals surface area contributed by atoms with Crippen LogP contribution in [0.4, 0.5) is 0 Å². The Bertz CT molecular complexity index is 1260. The van der Waals surface area contributed by atoms with Gasteiger partial charge in [-0.25, -0.2) is 10.4 Å². The minimum atomic E-state index is -0.120. The van der Waals surface area contributed by atoms with Crippen molar-refractivity contribution in [1.82, 2.24) is 15.0 Å². The monoisotopic (exact) mass is 400 g/mol. The maximum absolute atomic E-state index is 12.2. The van der Waals surface area contributed by atoms with Crippen LogP contribution >= 0.6 is 0 Å². The van der Waals surface area contributed by atoms with Crippen molar-refractivity contribution in [2.75, 3.05) is 7.11 Å². The largest absolute Gasteiger partial charge is 0.481 e. The van der Waals surface area contributed by atoms with Crippen LogP contribution in [0, 0.1) is 13.8 Å². The van der Waals surface area contributed by atoms with Crippen LogP contribution in [0.3, 0.4) is 0 Å². The number of nitrogens with zero attached hydrogens (tertiary/aromatic N) is 3. The Labute approximate surface area is 175 Å². The van der Waals surface area contributed by atoms with Gasteiger partial charge in [-0.3, -0.25) is 4.79 Å². The number of benzene rings is 2. The van der Waals surface area contributed by atoms with Gasteiger partial charge in [0, 0.05) is 41.5 Å². The van der Waals surface area contributed by atoms with Gasteiger partial charge < -0.3 is 9.30 Å². The van der Waals surface area contributed by atoms with Crippen LogP contribution in [0.1, 0.15) is 23.1 Å². The van der Waals surface area contributed by atoms with E-state index < -0.39 is 0 Å². The van der Waals surface area contributed by atoms with Crippen molar-refractivity contribution >= 4 is 33.9 Å². The minimum absolute atomic E-state index is 0.120. The van der Waals surface area contributed by atoms with Crippen LogP contribution in [0.25, 0.3) is 21.8 Å². The van der Waals surface area contributed by atoms with E-state index in [1.165, 1.54) is 10.9 Å². The summed E-state index contributed by atoms with van der Waals surface area (Å²) in [6, 6.07) is 16.0. The molecule has 0 radical (unpaired) electrons. The number of hydrogen-bond acceptors (Lipinski definition) is 4. The molecule has 0 fully saturated rings. The lowest BCUT2D eigenvalue weighted by atomic mass is 10.1. The van der Waals surface area contributed by atoms with E-state index in [2.05, 4.69) is 45.3 Å². The van der Waals surface area contributed by atoms with Crippen molar-refractivity contribution < 1.29 is 9.53 Å². The number of carbonyl (C=O) groups is 1. The number of nitrogens with one attached hydrogen (secondary N) is 1. The zero-order valence-electron chi connectivity index (χ0n) is 17.3. The molecule has 6 heteroatoms. The fraction of sp³-hybridized carbons (Fsp3) is 0.208. The summed E-state index contributed by atoms with van der Waals surface area (Å²) >= 11 is 0. The first-order valence-corrected chi connectivity index (χ1v) is 9.87. The van der Waals surface area contributed by atoms with Gasteiger partial charge in [-0.15, -0.1) is 0 Å². The Morgan fingerprint density at radius 3 is 2.80 bits per heavy atom. The van der Waals surface area contributed by atoms with E-state index in [0.29, 0.717) is 18.8 Å². The normalized spacial score (nSPS) is 11.4. The third-order valence-electron chi connectivity index (χ3n) is 5.20. The van der Waals surface area contributed by atoms with E-state index in [1.807, 2.05) is 43.3 Å². The van der Waals surface area contributed by atoms with Crippen LogP contribution < -0.4 is 10.2 Å². The van der Waals surface area contributed by atoms with E-state index in [-0.39, 0.29) is 5.91 Å². The van der Waals surface area contributed by atoms with Gasteiger partial charge >= 0.3 is 0 Å². The summed E-state index contributed by atoms with van der Waals surface area (Å²) in [7, 11) is 1.61. The molecule has 0 aliphatic carbocycles. The molecule has 6 nitrogen and oxygen atoms in total. The first-order valence-electron chi connectivity index (χ1n) is 9.87. The molecule has 2 aromatic heterocycles. The van der Waals surface area contributed by atoms with Crippen molar-refractivity contribution in [3.8, 4) is 5.88 Å². The quantitative estimate of drug-likeness (QED) is 0.386. The predicted octanol–water partition coefficient (Wildman–Crippen LogP) is 4.36. The van der Waals surface area contributed by atoms with Crippen LogP contribution in [-0.4, -0.2) is 28.8 Å². The Morgan fingerprint density at radius 2 is 1.97 bits per heavy atom. The van der Waals surface area contributed by atoms with Crippen molar-refractivity contribution in [2.45, 2.75) is 26.8 Å². The van der Waals surface area contributed by atoms with Crippen LogP contribution in [0.15, 0.2) is 59.8 Å². The number of rotatable bonds is 6. The molecule has 0 spiro atoms. The molecule has 0 unspecified atom stereocenters. The fourth-order valence-corrected chi connectivity index (χ4v) is 3.64. The number of ether oxygens (including phenoxy) is 1. The Balaban J connectivity index is 1.39. The summed E-state index contributed by atoms with van der Waals surface area (Å²) in [5.41, 5.74) is 7.80. The molecular formula is C24H24N4O2. The topological polar surface area (TPSA) is 68.5 Å². The third-order valence-corrected chi connectivity index (χ3v) is 5.20. The third kappa shape index (κ3) is 4.03. The molecule has 1 N–H and O–H groups in total. The van der Waals surface area contributed by atoms with Gasteiger partial charge in [-0.1, -0.05) is 24.3 Å². The summed E-state index contributed by atoms with van der Waals surface area (Å²) in [6.07, 6.45) is 4.09. The lowest BCUT2D eigenvalue weighted by molar-refractivity contribution is -0.121. The van der Waals surface area contributed by atoms with E-state index >= 15 is 0 Å². The Hall–Kier alpha value is -3.67. The first kappa shape index (κ1) is 19.6. The van der Waals surface area contributed by atoms with Gasteiger partial charge in [-0.2, -0.15) is 5.10 Å². The van der Waals surface area contributed by atoms with Gasteiger partial charge in [0.2, 0.25) is 11.8 Å². The van der Waals surface area contributed by atoms with Gasteiger partial charge in [0.1, 0.15) is 0 Å². The van der Waals surface area contributed by atoms with Crippen LogP contribution in [0.5, 0.6) is 5.88 Å². The molecule has 152 valence electrons. The second-order valence-electron chi connectivity index (χ2n) is 7.32. The highest BCUT2D eigenvalue weighted by atomic mass is 16.5. The van der Waals surface area contributed by atoms with Crippen molar-refractivity contribution in [3.05, 3.63) is 71.4 Å². The summed E-state index contributed by atoms with van der Waals surface area (Å²) in [5.74, 6) is 0.476. The van der Waals surface area contributed by atoms with E-state index in [9.17, 15) is 4.79 Å². The molecule has 1 amide bonds. The van der Waals surface area contributed by atoms with Crippen molar-refractivity contribution in [1.29, 1.82) is 0 Å². The first-order chi connectivity index (χ1) is 14.5. The van der Waals surface area contributed by atoms with Crippen LogP contribution in [-0.2, 0) is 11.3 Å². The number of methoxy groups -OCH3 is 1. The van der Waals surface area contributed by atoms with E-state index in [4.69, 9.17) is 4.74 Å².